The molecule has 0 unspecified atom stereocenters. The first kappa shape index (κ1) is 14.5. The predicted octanol–water partition coefficient (Wildman–Crippen LogP) is 2.17. The molecule has 18 heavy (non-hydrogen) atoms. The lowest BCUT2D eigenvalue weighted by atomic mass is 10.1. The van der Waals surface area contributed by atoms with Crippen molar-refractivity contribution in [1.82, 2.24) is 0 Å². The minimum Gasteiger partial charge on any atom is -0.395 e. The minimum atomic E-state index is -4.39. The van der Waals surface area contributed by atoms with E-state index in [0.29, 0.717) is 6.29 Å². The Bertz CT molecular complexity index is 418. The van der Waals surface area contributed by atoms with Crippen LogP contribution in [0.4, 0.5) is 18.9 Å². The predicted molar refractivity (Wildman–Crippen MR) is 61.9 cm³/mol. The van der Waals surface area contributed by atoms with Crippen LogP contribution in [0.2, 0.25) is 0 Å². The van der Waals surface area contributed by atoms with Crippen LogP contribution in [0.15, 0.2) is 18.2 Å². The average molecular weight is 261 g/mol. The van der Waals surface area contributed by atoms with Crippen molar-refractivity contribution in [1.29, 1.82) is 0 Å². The molecule has 0 fully saturated rings. The fraction of sp³-hybridized carbons (Fsp3) is 0.417. The summed E-state index contributed by atoms with van der Waals surface area (Å²) >= 11 is 0. The van der Waals surface area contributed by atoms with Gasteiger partial charge < -0.3 is 10.0 Å². The molecule has 0 aliphatic rings. The highest BCUT2D eigenvalue weighted by Gasteiger charge is 2.31. The van der Waals surface area contributed by atoms with E-state index in [-0.39, 0.29) is 17.8 Å². The maximum Gasteiger partial charge on any atom is 0.405 e. The summed E-state index contributed by atoms with van der Waals surface area (Å²) in [5.74, 6) is 0. The van der Waals surface area contributed by atoms with Crippen molar-refractivity contribution in [3.8, 4) is 0 Å². The molecule has 0 heterocycles. The third kappa shape index (κ3) is 4.03. The number of aliphatic hydroxyl groups excluding tert-OH is 1. The highest BCUT2D eigenvalue weighted by atomic mass is 19.4. The van der Waals surface area contributed by atoms with Gasteiger partial charge in [-0.1, -0.05) is 11.6 Å². The van der Waals surface area contributed by atoms with Crippen LogP contribution < -0.4 is 4.90 Å². The summed E-state index contributed by atoms with van der Waals surface area (Å²) in [6, 6.07) is 4.60. The SMILES string of the molecule is Cc1ccc(N(CCO)CC(F)(F)F)c(C=O)c1. The third-order valence-corrected chi connectivity index (χ3v) is 2.39. The molecule has 0 atom stereocenters. The van der Waals surface area contributed by atoms with Crippen molar-refractivity contribution in [2.45, 2.75) is 13.1 Å². The zero-order valence-corrected chi connectivity index (χ0v) is 9.87. The Balaban J connectivity index is 3.08. The number of carbonyl (C=O) groups is 1. The van der Waals surface area contributed by atoms with Crippen LogP contribution in [0.25, 0.3) is 0 Å². The summed E-state index contributed by atoms with van der Waals surface area (Å²) < 4.78 is 37.3. The Morgan fingerprint density at radius 2 is 2.06 bits per heavy atom. The Morgan fingerprint density at radius 3 is 2.56 bits per heavy atom. The molecule has 0 radical (unpaired) electrons. The quantitative estimate of drug-likeness (QED) is 0.826. The second-order valence-corrected chi connectivity index (χ2v) is 3.94. The Hall–Kier alpha value is -1.56. The van der Waals surface area contributed by atoms with Crippen LogP contribution in [0.1, 0.15) is 15.9 Å². The number of hydrogen-bond acceptors (Lipinski definition) is 3. The van der Waals surface area contributed by atoms with Gasteiger partial charge in [-0.2, -0.15) is 13.2 Å². The molecule has 1 aromatic rings. The second kappa shape index (κ2) is 5.86. The zero-order chi connectivity index (χ0) is 13.8. The monoisotopic (exact) mass is 261 g/mol. The number of anilines is 1. The summed E-state index contributed by atoms with van der Waals surface area (Å²) in [4.78, 5) is 11.8. The summed E-state index contributed by atoms with van der Waals surface area (Å²) in [5, 5.41) is 8.82. The lowest BCUT2D eigenvalue weighted by Crippen LogP contribution is -2.36. The molecule has 3 nitrogen and oxygen atoms in total. The van der Waals surface area contributed by atoms with Crippen molar-refractivity contribution in [3.05, 3.63) is 29.3 Å². The number of carbonyl (C=O) groups excluding carboxylic acids is 1. The molecule has 6 heteroatoms. The molecule has 1 aromatic carbocycles. The smallest absolute Gasteiger partial charge is 0.395 e. The summed E-state index contributed by atoms with van der Waals surface area (Å²) in [5.41, 5.74) is 1.16. The molecule has 0 saturated carbocycles. The highest BCUT2D eigenvalue weighted by molar-refractivity contribution is 5.85. The van der Waals surface area contributed by atoms with E-state index in [2.05, 4.69) is 0 Å². The average Bonchev–Trinajstić information content (AvgIpc) is 2.26. The second-order valence-electron chi connectivity index (χ2n) is 3.94. The van der Waals surface area contributed by atoms with Gasteiger partial charge >= 0.3 is 6.18 Å². The number of halogens is 3. The lowest BCUT2D eigenvalue weighted by molar-refractivity contribution is -0.119. The minimum absolute atomic E-state index is 0.177. The van der Waals surface area contributed by atoms with Gasteiger partial charge in [0.2, 0.25) is 0 Å². The number of aldehydes is 1. The van der Waals surface area contributed by atoms with Crippen LogP contribution in [0, 0.1) is 6.92 Å². The van der Waals surface area contributed by atoms with Crippen molar-refractivity contribution < 1.29 is 23.1 Å². The van der Waals surface area contributed by atoms with Crippen LogP contribution in [0.3, 0.4) is 0 Å². The third-order valence-electron chi connectivity index (χ3n) is 2.39. The van der Waals surface area contributed by atoms with Gasteiger partial charge in [0.1, 0.15) is 6.54 Å². The summed E-state index contributed by atoms with van der Waals surface area (Å²) in [7, 11) is 0. The first-order chi connectivity index (χ1) is 8.37. The molecule has 1 rings (SSSR count). The van der Waals surface area contributed by atoms with Crippen molar-refractivity contribution in [2.24, 2.45) is 0 Å². The fourth-order valence-electron chi connectivity index (χ4n) is 1.68. The molecule has 1 N–H and O–H groups in total. The normalized spacial score (nSPS) is 11.4. The van der Waals surface area contributed by atoms with Gasteiger partial charge in [-0.3, -0.25) is 4.79 Å². The number of nitrogens with zero attached hydrogens (tertiary/aromatic N) is 1. The van der Waals surface area contributed by atoms with Crippen LogP contribution in [-0.4, -0.2) is 37.3 Å². The van der Waals surface area contributed by atoms with E-state index in [4.69, 9.17) is 5.11 Å². The molecule has 0 amide bonds. The Morgan fingerprint density at radius 1 is 1.39 bits per heavy atom. The molecule has 0 aromatic heterocycles. The molecule has 0 aliphatic carbocycles. The number of aryl methyl sites for hydroxylation is 1. The van der Waals surface area contributed by atoms with Gasteiger partial charge in [0.15, 0.2) is 6.29 Å². The van der Waals surface area contributed by atoms with Crippen LogP contribution in [0.5, 0.6) is 0 Å². The van der Waals surface area contributed by atoms with Gasteiger partial charge in [-0.15, -0.1) is 0 Å². The molecular weight excluding hydrogens is 247 g/mol. The molecular formula is C12H14F3NO2. The molecule has 100 valence electrons. The van der Waals surface area contributed by atoms with E-state index >= 15 is 0 Å². The molecule has 0 spiro atoms. The van der Waals surface area contributed by atoms with Gasteiger partial charge in [0, 0.05) is 17.8 Å². The number of aliphatic hydroxyl groups is 1. The van der Waals surface area contributed by atoms with Gasteiger partial charge in [-0.25, -0.2) is 0 Å². The standard InChI is InChI=1S/C12H14F3NO2/c1-9-2-3-11(10(6-9)7-18)16(4-5-17)8-12(13,14)15/h2-3,6-7,17H,4-5,8H2,1H3. The van der Waals surface area contributed by atoms with Gasteiger partial charge in [0.25, 0.3) is 0 Å². The van der Waals surface area contributed by atoms with E-state index in [0.717, 1.165) is 10.5 Å². The molecule has 0 bridgehead atoms. The topological polar surface area (TPSA) is 40.5 Å². The maximum absolute atomic E-state index is 12.4. The van der Waals surface area contributed by atoms with Crippen molar-refractivity contribution >= 4 is 12.0 Å². The van der Waals surface area contributed by atoms with E-state index in [1.54, 1.807) is 13.0 Å². The summed E-state index contributed by atoms with van der Waals surface area (Å²) in [6.07, 6.45) is -3.87. The van der Waals surface area contributed by atoms with E-state index in [9.17, 15) is 18.0 Å². The zero-order valence-electron chi connectivity index (χ0n) is 9.87. The Labute approximate surface area is 103 Å². The van der Waals surface area contributed by atoms with Gasteiger partial charge in [0.05, 0.1) is 6.61 Å². The first-order valence-corrected chi connectivity index (χ1v) is 5.36. The Kier molecular flexibility index (Phi) is 4.72. The van der Waals surface area contributed by atoms with E-state index < -0.39 is 19.3 Å². The highest BCUT2D eigenvalue weighted by Crippen LogP contribution is 2.25. The first-order valence-electron chi connectivity index (χ1n) is 5.36. The van der Waals surface area contributed by atoms with E-state index in [1.165, 1.54) is 12.1 Å². The van der Waals surface area contributed by atoms with Gasteiger partial charge in [-0.05, 0) is 19.1 Å². The number of rotatable bonds is 5. The molecule has 0 aliphatic heterocycles. The molecule has 0 saturated heterocycles. The summed E-state index contributed by atoms with van der Waals surface area (Å²) in [6.45, 7) is -0.0416. The van der Waals surface area contributed by atoms with Crippen LogP contribution in [-0.2, 0) is 0 Å². The number of hydrogen-bond donors (Lipinski definition) is 1. The number of benzene rings is 1. The van der Waals surface area contributed by atoms with Crippen LogP contribution >= 0.6 is 0 Å². The largest absolute Gasteiger partial charge is 0.405 e. The maximum atomic E-state index is 12.4. The van der Waals surface area contributed by atoms with E-state index in [1.807, 2.05) is 0 Å². The fourth-order valence-corrected chi connectivity index (χ4v) is 1.68. The number of alkyl halides is 3. The lowest BCUT2D eigenvalue weighted by Gasteiger charge is -2.26. The van der Waals surface area contributed by atoms with Crippen molar-refractivity contribution in [3.63, 3.8) is 0 Å². The van der Waals surface area contributed by atoms with Crippen molar-refractivity contribution in [2.75, 3.05) is 24.6 Å².